The highest BCUT2D eigenvalue weighted by Crippen LogP contribution is 2.30. The van der Waals surface area contributed by atoms with Crippen LogP contribution in [-0.4, -0.2) is 18.3 Å². The molecule has 1 N–H and O–H groups in total. The largest absolute Gasteiger partial charge is 0.416 e. The van der Waals surface area contributed by atoms with Crippen LogP contribution in [0, 0.1) is 0 Å². The van der Waals surface area contributed by atoms with Crippen LogP contribution in [0.2, 0.25) is 0 Å². The lowest BCUT2D eigenvalue weighted by Crippen LogP contribution is -2.06. The van der Waals surface area contributed by atoms with Gasteiger partial charge in [0.05, 0.1) is 11.7 Å². The van der Waals surface area contributed by atoms with E-state index in [4.69, 9.17) is 4.74 Å². The molecule has 1 unspecified atom stereocenters. The standard InChI is InChI=1S/C12H15F3O2/c1-2-17-8-7-11(16)9-3-5-10(6-4-9)12(13,14)15/h3-6,11,16H,2,7-8H2,1H3. The summed E-state index contributed by atoms with van der Waals surface area (Å²) in [6, 6.07) is 4.53. The highest BCUT2D eigenvalue weighted by Gasteiger charge is 2.30. The molecule has 0 aliphatic rings. The van der Waals surface area contributed by atoms with Gasteiger partial charge in [0.25, 0.3) is 0 Å². The first-order chi connectivity index (χ1) is 7.95. The number of rotatable bonds is 5. The Balaban J connectivity index is 2.61. The maximum atomic E-state index is 12.3. The lowest BCUT2D eigenvalue weighted by Gasteiger charge is -2.12. The fraction of sp³-hybridized carbons (Fsp3) is 0.500. The van der Waals surface area contributed by atoms with E-state index < -0.39 is 17.8 Å². The van der Waals surface area contributed by atoms with Crippen LogP contribution in [0.5, 0.6) is 0 Å². The molecule has 17 heavy (non-hydrogen) atoms. The van der Waals surface area contributed by atoms with E-state index in [0.29, 0.717) is 25.2 Å². The van der Waals surface area contributed by atoms with E-state index in [2.05, 4.69) is 0 Å². The maximum absolute atomic E-state index is 12.3. The molecule has 0 amide bonds. The summed E-state index contributed by atoms with van der Waals surface area (Å²) in [6.07, 6.45) is -4.75. The molecule has 0 bridgehead atoms. The zero-order valence-electron chi connectivity index (χ0n) is 9.50. The van der Waals surface area contributed by atoms with Crippen molar-refractivity contribution >= 4 is 0 Å². The van der Waals surface area contributed by atoms with Gasteiger partial charge in [0.1, 0.15) is 0 Å². The fourth-order valence-corrected chi connectivity index (χ4v) is 1.40. The second-order valence-electron chi connectivity index (χ2n) is 3.62. The molecule has 0 saturated heterocycles. The van der Waals surface area contributed by atoms with Gasteiger partial charge in [0.2, 0.25) is 0 Å². The zero-order chi connectivity index (χ0) is 12.9. The first-order valence-electron chi connectivity index (χ1n) is 5.38. The van der Waals surface area contributed by atoms with Gasteiger partial charge in [-0.25, -0.2) is 0 Å². The Morgan fingerprint density at radius 3 is 2.29 bits per heavy atom. The number of alkyl halides is 3. The van der Waals surface area contributed by atoms with Crippen molar-refractivity contribution in [2.75, 3.05) is 13.2 Å². The smallest absolute Gasteiger partial charge is 0.388 e. The summed E-state index contributed by atoms with van der Waals surface area (Å²) in [6.45, 7) is 2.78. The molecular formula is C12H15F3O2. The van der Waals surface area contributed by atoms with E-state index in [9.17, 15) is 18.3 Å². The Bertz CT molecular complexity index is 333. The number of halogens is 3. The molecule has 0 aliphatic heterocycles. The molecule has 1 rings (SSSR count). The van der Waals surface area contributed by atoms with Crippen molar-refractivity contribution in [3.8, 4) is 0 Å². The SMILES string of the molecule is CCOCCC(O)c1ccc(C(F)(F)F)cc1. The van der Waals surface area contributed by atoms with Crippen molar-refractivity contribution in [1.29, 1.82) is 0 Å². The van der Waals surface area contributed by atoms with Crippen LogP contribution >= 0.6 is 0 Å². The van der Waals surface area contributed by atoms with E-state index >= 15 is 0 Å². The minimum Gasteiger partial charge on any atom is -0.388 e. The second kappa shape index (κ2) is 6.02. The molecule has 5 heteroatoms. The highest BCUT2D eigenvalue weighted by atomic mass is 19.4. The molecule has 96 valence electrons. The van der Waals surface area contributed by atoms with E-state index in [1.807, 2.05) is 6.92 Å². The van der Waals surface area contributed by atoms with Crippen LogP contribution < -0.4 is 0 Å². The molecule has 1 aromatic rings. The first-order valence-corrected chi connectivity index (χ1v) is 5.38. The van der Waals surface area contributed by atoms with Gasteiger partial charge in [-0.1, -0.05) is 12.1 Å². The summed E-state index contributed by atoms with van der Waals surface area (Å²) in [5.41, 5.74) is -0.240. The minimum absolute atomic E-state index is 0.374. The molecular weight excluding hydrogens is 233 g/mol. The van der Waals surface area contributed by atoms with Gasteiger partial charge < -0.3 is 9.84 Å². The van der Waals surface area contributed by atoms with Crippen molar-refractivity contribution in [3.63, 3.8) is 0 Å². The summed E-state index contributed by atoms with van der Waals surface area (Å²) in [5.74, 6) is 0. The third kappa shape index (κ3) is 4.36. The lowest BCUT2D eigenvalue weighted by atomic mass is 10.0. The van der Waals surface area contributed by atoms with E-state index in [1.165, 1.54) is 12.1 Å². The van der Waals surface area contributed by atoms with Gasteiger partial charge in [0.15, 0.2) is 0 Å². The number of aliphatic hydroxyl groups is 1. The van der Waals surface area contributed by atoms with Crippen LogP contribution in [0.15, 0.2) is 24.3 Å². The van der Waals surface area contributed by atoms with Crippen LogP contribution in [0.25, 0.3) is 0 Å². The van der Waals surface area contributed by atoms with Crippen molar-refractivity contribution in [2.45, 2.75) is 25.6 Å². The molecule has 0 fully saturated rings. The van der Waals surface area contributed by atoms with Gasteiger partial charge in [-0.2, -0.15) is 13.2 Å². The highest BCUT2D eigenvalue weighted by molar-refractivity contribution is 5.25. The molecule has 0 aliphatic carbocycles. The molecule has 0 aromatic heterocycles. The summed E-state index contributed by atoms with van der Waals surface area (Å²) in [4.78, 5) is 0. The van der Waals surface area contributed by atoms with Gasteiger partial charge in [-0.05, 0) is 24.6 Å². The Morgan fingerprint density at radius 2 is 1.82 bits per heavy atom. The third-order valence-corrected chi connectivity index (χ3v) is 2.36. The molecule has 0 spiro atoms. The Kier molecular flexibility index (Phi) is 4.96. The van der Waals surface area contributed by atoms with Crippen molar-refractivity contribution in [2.24, 2.45) is 0 Å². The molecule has 1 atom stereocenters. The summed E-state index contributed by atoms with van der Waals surface area (Å²) >= 11 is 0. The molecule has 2 nitrogen and oxygen atoms in total. The predicted molar refractivity (Wildman–Crippen MR) is 57.5 cm³/mol. The number of ether oxygens (including phenoxy) is 1. The molecule has 0 heterocycles. The maximum Gasteiger partial charge on any atom is 0.416 e. The van der Waals surface area contributed by atoms with Crippen molar-refractivity contribution < 1.29 is 23.0 Å². The first kappa shape index (κ1) is 14.0. The zero-order valence-corrected chi connectivity index (χ0v) is 9.50. The van der Waals surface area contributed by atoms with Crippen LogP contribution in [-0.2, 0) is 10.9 Å². The number of hydrogen-bond donors (Lipinski definition) is 1. The molecule has 1 aromatic carbocycles. The third-order valence-electron chi connectivity index (χ3n) is 2.36. The van der Waals surface area contributed by atoms with Gasteiger partial charge in [-0.15, -0.1) is 0 Å². The Labute approximate surface area is 98.0 Å². The van der Waals surface area contributed by atoms with E-state index in [0.717, 1.165) is 12.1 Å². The molecule has 0 saturated carbocycles. The fourth-order valence-electron chi connectivity index (χ4n) is 1.40. The summed E-state index contributed by atoms with van der Waals surface area (Å²) < 4.78 is 41.9. The van der Waals surface area contributed by atoms with Gasteiger partial charge in [-0.3, -0.25) is 0 Å². The molecule has 0 radical (unpaired) electrons. The van der Waals surface area contributed by atoms with Crippen molar-refractivity contribution in [1.82, 2.24) is 0 Å². The summed E-state index contributed by atoms with van der Waals surface area (Å²) in [5, 5.41) is 9.68. The minimum atomic E-state index is -4.34. The van der Waals surface area contributed by atoms with Crippen LogP contribution in [0.1, 0.15) is 30.6 Å². The van der Waals surface area contributed by atoms with Crippen LogP contribution in [0.4, 0.5) is 13.2 Å². The van der Waals surface area contributed by atoms with Crippen LogP contribution in [0.3, 0.4) is 0 Å². The second-order valence-corrected chi connectivity index (χ2v) is 3.62. The quantitative estimate of drug-likeness (QED) is 0.811. The Morgan fingerprint density at radius 1 is 1.24 bits per heavy atom. The number of benzene rings is 1. The van der Waals surface area contributed by atoms with E-state index in [-0.39, 0.29) is 0 Å². The number of aliphatic hydroxyl groups excluding tert-OH is 1. The van der Waals surface area contributed by atoms with Gasteiger partial charge in [0, 0.05) is 19.6 Å². The topological polar surface area (TPSA) is 29.5 Å². The lowest BCUT2D eigenvalue weighted by molar-refractivity contribution is -0.137. The van der Waals surface area contributed by atoms with E-state index in [1.54, 1.807) is 0 Å². The predicted octanol–water partition coefficient (Wildman–Crippen LogP) is 3.17. The van der Waals surface area contributed by atoms with Crippen molar-refractivity contribution in [3.05, 3.63) is 35.4 Å². The Hall–Kier alpha value is -1.07. The summed E-state index contributed by atoms with van der Waals surface area (Å²) in [7, 11) is 0. The normalized spacial score (nSPS) is 13.7. The number of hydrogen-bond acceptors (Lipinski definition) is 2. The average molecular weight is 248 g/mol. The average Bonchev–Trinajstić information content (AvgIpc) is 2.28. The monoisotopic (exact) mass is 248 g/mol. The van der Waals surface area contributed by atoms with Gasteiger partial charge >= 0.3 is 6.18 Å².